The van der Waals surface area contributed by atoms with E-state index >= 15 is 0 Å². The Morgan fingerprint density at radius 3 is 2.32 bits per heavy atom. The van der Waals surface area contributed by atoms with Gasteiger partial charge in [-0.2, -0.15) is 0 Å². The van der Waals surface area contributed by atoms with Gasteiger partial charge in [-0.3, -0.25) is 4.79 Å². The summed E-state index contributed by atoms with van der Waals surface area (Å²) in [6, 6.07) is 5.58. The molecule has 1 aromatic rings. The Morgan fingerprint density at radius 1 is 1.32 bits per heavy atom. The van der Waals surface area contributed by atoms with E-state index in [0.29, 0.717) is 0 Å². The molecule has 0 aliphatic rings. The highest BCUT2D eigenvalue weighted by atomic mass is 19.1. The Bertz CT molecular complexity index is 419. The Morgan fingerprint density at radius 2 is 1.84 bits per heavy atom. The molecular formula is C15H23FN2O. The van der Waals surface area contributed by atoms with Gasteiger partial charge in [0, 0.05) is 7.05 Å². The third-order valence-corrected chi connectivity index (χ3v) is 3.82. The highest BCUT2D eigenvalue weighted by Crippen LogP contribution is 2.21. The Kier molecular flexibility index (Phi) is 5.48. The van der Waals surface area contributed by atoms with E-state index in [9.17, 15) is 9.18 Å². The number of carbonyl (C=O) groups is 1. The van der Waals surface area contributed by atoms with Gasteiger partial charge >= 0.3 is 0 Å². The average molecular weight is 266 g/mol. The van der Waals surface area contributed by atoms with Crippen LogP contribution >= 0.6 is 0 Å². The minimum absolute atomic E-state index is 0.0776. The molecule has 2 N–H and O–H groups in total. The van der Waals surface area contributed by atoms with Crippen molar-refractivity contribution in [2.45, 2.75) is 39.3 Å². The predicted octanol–water partition coefficient (Wildman–Crippen LogP) is 2.72. The van der Waals surface area contributed by atoms with Crippen LogP contribution in [0.1, 0.15) is 38.8 Å². The maximum absolute atomic E-state index is 12.9. The van der Waals surface area contributed by atoms with Crippen LogP contribution in [-0.4, -0.2) is 23.9 Å². The lowest BCUT2D eigenvalue weighted by molar-refractivity contribution is -0.134. The van der Waals surface area contributed by atoms with E-state index in [0.717, 1.165) is 12.0 Å². The topological polar surface area (TPSA) is 46.3 Å². The number of nitrogens with zero attached hydrogens (tertiary/aromatic N) is 1. The molecule has 0 heterocycles. The number of likely N-dealkylation sites (N-methyl/N-ethyl adjacent to an activating group) is 1. The Balaban J connectivity index is 2.79. The van der Waals surface area contributed by atoms with Crippen molar-refractivity contribution in [2.24, 2.45) is 11.7 Å². The molecule has 3 atom stereocenters. The van der Waals surface area contributed by atoms with Crippen LogP contribution in [0.15, 0.2) is 24.3 Å². The van der Waals surface area contributed by atoms with Gasteiger partial charge in [-0.1, -0.05) is 32.4 Å². The number of halogens is 1. The molecule has 106 valence electrons. The fraction of sp³-hybridized carbons (Fsp3) is 0.533. The minimum atomic E-state index is -0.488. The quantitative estimate of drug-likeness (QED) is 0.890. The van der Waals surface area contributed by atoms with E-state index in [2.05, 4.69) is 0 Å². The van der Waals surface area contributed by atoms with Crippen LogP contribution < -0.4 is 5.73 Å². The molecule has 0 radical (unpaired) electrons. The second kappa shape index (κ2) is 6.66. The van der Waals surface area contributed by atoms with Crippen molar-refractivity contribution in [2.75, 3.05) is 7.05 Å². The molecule has 3 nitrogen and oxygen atoms in total. The molecule has 1 amide bonds. The minimum Gasteiger partial charge on any atom is -0.338 e. The fourth-order valence-electron chi connectivity index (χ4n) is 1.89. The number of hydrogen-bond donors (Lipinski definition) is 1. The summed E-state index contributed by atoms with van der Waals surface area (Å²) in [6.07, 6.45) is 0.867. The van der Waals surface area contributed by atoms with Crippen LogP contribution in [0.25, 0.3) is 0 Å². The number of carbonyl (C=O) groups excluding carboxylic acids is 1. The highest BCUT2D eigenvalue weighted by molar-refractivity contribution is 5.82. The van der Waals surface area contributed by atoms with Crippen LogP contribution in [0.2, 0.25) is 0 Å². The molecule has 0 saturated carbocycles. The normalized spacial score (nSPS) is 15.7. The molecule has 0 aliphatic carbocycles. The van der Waals surface area contributed by atoms with Crippen molar-refractivity contribution >= 4 is 5.91 Å². The van der Waals surface area contributed by atoms with E-state index in [1.807, 2.05) is 20.8 Å². The third kappa shape index (κ3) is 3.77. The van der Waals surface area contributed by atoms with Gasteiger partial charge in [-0.25, -0.2) is 4.39 Å². The highest BCUT2D eigenvalue weighted by Gasteiger charge is 2.26. The summed E-state index contributed by atoms with van der Waals surface area (Å²) in [6.45, 7) is 5.90. The zero-order valence-corrected chi connectivity index (χ0v) is 12.1. The van der Waals surface area contributed by atoms with E-state index in [1.165, 1.54) is 12.1 Å². The fourth-order valence-corrected chi connectivity index (χ4v) is 1.89. The van der Waals surface area contributed by atoms with Gasteiger partial charge < -0.3 is 10.6 Å². The van der Waals surface area contributed by atoms with Crippen molar-refractivity contribution in [1.82, 2.24) is 4.90 Å². The van der Waals surface area contributed by atoms with Gasteiger partial charge in [0.05, 0.1) is 12.1 Å². The number of amides is 1. The van der Waals surface area contributed by atoms with Gasteiger partial charge in [0.2, 0.25) is 5.91 Å². The second-order valence-corrected chi connectivity index (χ2v) is 5.09. The van der Waals surface area contributed by atoms with Crippen molar-refractivity contribution in [1.29, 1.82) is 0 Å². The molecule has 4 heteroatoms. The standard InChI is InChI=1S/C15H23FN2O/c1-5-10(2)14(17)15(19)18(4)11(3)12-6-8-13(16)9-7-12/h6-11,14H,5,17H2,1-4H3. The summed E-state index contributed by atoms with van der Waals surface area (Å²) in [5.74, 6) is -0.206. The van der Waals surface area contributed by atoms with Crippen LogP contribution in [-0.2, 0) is 4.79 Å². The summed E-state index contributed by atoms with van der Waals surface area (Å²) < 4.78 is 12.9. The van der Waals surface area contributed by atoms with Gasteiger partial charge in [0.15, 0.2) is 0 Å². The molecule has 0 bridgehead atoms. The van der Waals surface area contributed by atoms with E-state index in [1.54, 1.807) is 24.1 Å². The second-order valence-electron chi connectivity index (χ2n) is 5.09. The van der Waals surface area contributed by atoms with Crippen molar-refractivity contribution in [3.05, 3.63) is 35.6 Å². The van der Waals surface area contributed by atoms with Gasteiger partial charge in [0.25, 0.3) is 0 Å². The Hall–Kier alpha value is -1.42. The van der Waals surface area contributed by atoms with E-state index in [-0.39, 0.29) is 23.7 Å². The maximum atomic E-state index is 12.9. The average Bonchev–Trinajstić information content (AvgIpc) is 2.44. The lowest BCUT2D eigenvalue weighted by Crippen LogP contribution is -2.46. The molecular weight excluding hydrogens is 243 g/mol. The Labute approximate surface area is 114 Å². The van der Waals surface area contributed by atoms with Gasteiger partial charge in [-0.05, 0) is 30.5 Å². The molecule has 19 heavy (non-hydrogen) atoms. The molecule has 0 fully saturated rings. The summed E-state index contributed by atoms with van der Waals surface area (Å²) >= 11 is 0. The van der Waals surface area contributed by atoms with Crippen LogP contribution in [0, 0.1) is 11.7 Å². The number of rotatable bonds is 5. The van der Waals surface area contributed by atoms with Crippen LogP contribution in [0.3, 0.4) is 0 Å². The van der Waals surface area contributed by atoms with Crippen molar-refractivity contribution in [3.8, 4) is 0 Å². The zero-order valence-electron chi connectivity index (χ0n) is 12.1. The number of nitrogens with two attached hydrogens (primary N) is 1. The molecule has 1 aromatic carbocycles. The lowest BCUT2D eigenvalue weighted by atomic mass is 9.98. The summed E-state index contributed by atoms with van der Waals surface area (Å²) in [5, 5.41) is 0. The molecule has 0 spiro atoms. The summed E-state index contributed by atoms with van der Waals surface area (Å²) in [4.78, 5) is 13.9. The predicted molar refractivity (Wildman–Crippen MR) is 75.0 cm³/mol. The summed E-state index contributed by atoms with van der Waals surface area (Å²) in [7, 11) is 1.73. The van der Waals surface area contributed by atoms with Gasteiger partial charge in [0.1, 0.15) is 5.82 Å². The molecule has 0 saturated heterocycles. The maximum Gasteiger partial charge on any atom is 0.240 e. The van der Waals surface area contributed by atoms with Crippen LogP contribution in [0.4, 0.5) is 4.39 Å². The summed E-state index contributed by atoms with van der Waals surface area (Å²) in [5.41, 5.74) is 6.86. The van der Waals surface area contributed by atoms with Gasteiger partial charge in [-0.15, -0.1) is 0 Å². The van der Waals surface area contributed by atoms with Crippen LogP contribution in [0.5, 0.6) is 0 Å². The first-order chi connectivity index (χ1) is 8.88. The third-order valence-electron chi connectivity index (χ3n) is 3.82. The smallest absolute Gasteiger partial charge is 0.240 e. The number of hydrogen-bond acceptors (Lipinski definition) is 2. The molecule has 3 unspecified atom stereocenters. The van der Waals surface area contributed by atoms with E-state index < -0.39 is 6.04 Å². The lowest BCUT2D eigenvalue weighted by Gasteiger charge is -2.29. The monoisotopic (exact) mass is 266 g/mol. The largest absolute Gasteiger partial charge is 0.338 e. The molecule has 0 aliphatic heterocycles. The SMILES string of the molecule is CCC(C)C(N)C(=O)N(C)C(C)c1ccc(F)cc1. The van der Waals surface area contributed by atoms with E-state index in [4.69, 9.17) is 5.73 Å². The molecule has 1 rings (SSSR count). The molecule has 0 aromatic heterocycles. The zero-order chi connectivity index (χ0) is 14.6. The first-order valence-electron chi connectivity index (χ1n) is 6.66. The van der Waals surface area contributed by atoms with Crippen molar-refractivity contribution < 1.29 is 9.18 Å². The first-order valence-corrected chi connectivity index (χ1v) is 6.66. The first kappa shape index (κ1) is 15.6. The number of benzene rings is 1. The van der Waals surface area contributed by atoms with Crippen molar-refractivity contribution in [3.63, 3.8) is 0 Å².